The minimum absolute atomic E-state index is 0.0829. The van der Waals surface area contributed by atoms with Crippen LogP contribution < -0.4 is 11.5 Å². The van der Waals surface area contributed by atoms with Crippen LogP contribution in [0.25, 0.3) is 0 Å². The molecular weight excluding hydrogens is 1360 g/mol. The molecule has 0 heterocycles. The third kappa shape index (κ3) is 13.9. The average molecular weight is 1370 g/mol. The lowest BCUT2D eigenvalue weighted by atomic mass is 10.1. The van der Waals surface area contributed by atoms with Crippen LogP contribution in [0.3, 0.4) is 0 Å². The standard InChI is InChI=1S/2C8H2Cl2I3NO2.C6H10O6/c2*9-7(15)1-3(11)2(8(10)16)5(13)6(14)4(1)12;7-5(8)3-11-1-2-12-4-6(9)10/h2*14H2;1-4H2,(H,7,8)(H,9,10). The minimum atomic E-state index is -1.06. The van der Waals surface area contributed by atoms with Crippen LogP contribution in [-0.4, -0.2) is 69.5 Å². The molecule has 2 aromatic carbocycles. The molecule has 0 atom stereocenters. The van der Waals surface area contributed by atoms with Crippen LogP contribution in [0.5, 0.6) is 0 Å². The van der Waals surface area contributed by atoms with Gasteiger partial charge in [-0.2, -0.15) is 0 Å². The van der Waals surface area contributed by atoms with Crippen LogP contribution in [0.4, 0.5) is 11.4 Å². The lowest BCUT2D eigenvalue weighted by Crippen LogP contribution is -2.14. The molecule has 0 saturated carbocycles. The summed E-state index contributed by atoms with van der Waals surface area (Å²) in [5, 5.41) is 13.6. The van der Waals surface area contributed by atoms with E-state index in [0.717, 1.165) is 0 Å². The summed E-state index contributed by atoms with van der Waals surface area (Å²) >= 11 is 33.2. The molecule has 0 aromatic heterocycles. The fraction of sp³-hybridized carbons (Fsp3) is 0.182. The van der Waals surface area contributed by atoms with Crippen molar-refractivity contribution in [2.24, 2.45) is 0 Å². The molecule has 12 nitrogen and oxygen atoms in total. The number of carboxylic acids is 2. The molecule has 0 aliphatic rings. The van der Waals surface area contributed by atoms with Crippen LogP contribution in [0.1, 0.15) is 41.4 Å². The fourth-order valence-electron chi connectivity index (χ4n) is 2.49. The first-order valence-electron chi connectivity index (χ1n) is 10.5. The van der Waals surface area contributed by atoms with Crippen molar-refractivity contribution in [1.29, 1.82) is 0 Å². The summed E-state index contributed by atoms with van der Waals surface area (Å²) in [6, 6.07) is 0. The van der Waals surface area contributed by atoms with E-state index in [1.54, 1.807) is 0 Å². The van der Waals surface area contributed by atoms with Crippen LogP contribution in [-0.2, 0) is 19.1 Å². The lowest BCUT2D eigenvalue weighted by molar-refractivity contribution is -0.146. The second kappa shape index (κ2) is 22.0. The second-order valence-electron chi connectivity index (χ2n) is 7.20. The van der Waals surface area contributed by atoms with E-state index < -0.39 is 46.1 Å². The SMILES string of the molecule is Nc1c(I)c(C(=O)Cl)c(I)c(C(=O)Cl)c1I.Nc1c(I)c(C(=O)Cl)c(I)c(C(=O)Cl)c1I.O=C(O)COCCOCC(=O)O. The smallest absolute Gasteiger partial charge is 0.329 e. The second-order valence-corrected chi connectivity index (χ2v) is 15.0. The van der Waals surface area contributed by atoms with Gasteiger partial charge in [-0.3, -0.25) is 19.2 Å². The predicted molar refractivity (Wildman–Crippen MR) is 216 cm³/mol. The van der Waals surface area contributed by atoms with Gasteiger partial charge >= 0.3 is 11.9 Å². The van der Waals surface area contributed by atoms with Gasteiger partial charge in [-0.05, 0) is 182 Å². The number of carboxylic acid groups (broad SMARTS) is 2. The normalized spacial score (nSPS) is 10.1. The number of hydrogen-bond donors (Lipinski definition) is 4. The van der Waals surface area contributed by atoms with Crippen LogP contribution >= 0.6 is 182 Å². The Morgan fingerprint density at radius 3 is 0.864 bits per heavy atom. The number of hydrogen-bond acceptors (Lipinski definition) is 10. The number of anilines is 2. The highest BCUT2D eigenvalue weighted by atomic mass is 127. The summed E-state index contributed by atoms with van der Waals surface area (Å²) in [7, 11) is 0. The van der Waals surface area contributed by atoms with E-state index in [9.17, 15) is 28.8 Å². The summed E-state index contributed by atoms with van der Waals surface area (Å²) in [6.45, 7) is -0.619. The average Bonchev–Trinajstić information content (AvgIpc) is 2.88. The first-order valence-corrected chi connectivity index (χ1v) is 18.5. The number of nitrogens with two attached hydrogens (primary N) is 2. The fourth-order valence-corrected chi connectivity index (χ4v) is 12.8. The van der Waals surface area contributed by atoms with E-state index in [2.05, 4.69) is 9.47 Å². The number of halogens is 10. The predicted octanol–water partition coefficient (Wildman–Crippen LogP) is 6.87. The molecule has 44 heavy (non-hydrogen) atoms. The summed E-state index contributed by atoms with van der Waals surface area (Å²) in [5.41, 5.74) is 13.2. The third-order valence-electron chi connectivity index (χ3n) is 4.31. The van der Waals surface area contributed by atoms with Gasteiger partial charge in [-0.25, -0.2) is 9.59 Å². The Kier molecular flexibility index (Phi) is 22.5. The zero-order valence-corrected chi connectivity index (χ0v) is 36.9. The Balaban J connectivity index is 0.000000639. The third-order valence-corrected chi connectivity index (χ3v) is 11.7. The number of carbonyl (C=O) groups is 6. The number of ether oxygens (including phenoxy) is 2. The first kappa shape index (κ1) is 45.1. The van der Waals surface area contributed by atoms with Gasteiger partial charge in [0.2, 0.25) is 0 Å². The van der Waals surface area contributed by atoms with Gasteiger partial charge in [0, 0.05) is 7.14 Å². The van der Waals surface area contributed by atoms with Gasteiger partial charge < -0.3 is 31.2 Å². The minimum Gasteiger partial charge on any atom is -0.480 e. The van der Waals surface area contributed by atoms with Gasteiger partial charge in [0.1, 0.15) is 13.2 Å². The molecule has 22 heteroatoms. The number of benzene rings is 2. The van der Waals surface area contributed by atoms with Crippen molar-refractivity contribution in [1.82, 2.24) is 0 Å². The van der Waals surface area contributed by atoms with Crippen LogP contribution in [0, 0.1) is 21.4 Å². The quantitative estimate of drug-likeness (QED) is 0.0786. The van der Waals surface area contributed by atoms with Crippen molar-refractivity contribution in [3.8, 4) is 0 Å². The van der Waals surface area contributed by atoms with Gasteiger partial charge in [0.25, 0.3) is 21.0 Å². The molecule has 0 bridgehead atoms. The highest BCUT2D eigenvalue weighted by Crippen LogP contribution is 2.36. The maximum absolute atomic E-state index is 11.3. The van der Waals surface area contributed by atoms with Crippen LogP contribution in [0.2, 0.25) is 0 Å². The monoisotopic (exact) mass is 1370 g/mol. The molecule has 0 fully saturated rings. The van der Waals surface area contributed by atoms with Crippen molar-refractivity contribution >= 4 is 226 Å². The van der Waals surface area contributed by atoms with Crippen molar-refractivity contribution in [3.63, 3.8) is 0 Å². The maximum atomic E-state index is 11.3. The van der Waals surface area contributed by atoms with E-state index in [4.69, 9.17) is 68.1 Å². The van der Waals surface area contributed by atoms with E-state index >= 15 is 0 Å². The Bertz CT molecular complexity index is 1300. The zero-order valence-electron chi connectivity index (χ0n) is 20.9. The molecule has 0 saturated heterocycles. The van der Waals surface area contributed by atoms with Crippen molar-refractivity contribution in [2.45, 2.75) is 0 Å². The Morgan fingerprint density at radius 1 is 0.500 bits per heavy atom. The highest BCUT2D eigenvalue weighted by molar-refractivity contribution is 14.1. The van der Waals surface area contributed by atoms with E-state index in [0.29, 0.717) is 32.8 Å². The lowest BCUT2D eigenvalue weighted by Gasteiger charge is -2.12. The van der Waals surface area contributed by atoms with Crippen molar-refractivity contribution in [2.75, 3.05) is 37.9 Å². The molecule has 0 radical (unpaired) electrons. The molecule has 0 unspecified atom stereocenters. The maximum Gasteiger partial charge on any atom is 0.329 e. The van der Waals surface area contributed by atoms with Crippen molar-refractivity contribution in [3.05, 3.63) is 43.7 Å². The van der Waals surface area contributed by atoms with E-state index in [1.165, 1.54) is 0 Å². The summed E-state index contributed by atoms with van der Waals surface area (Å²) in [5.74, 6) is -2.12. The Hall–Kier alpha value is 1.12. The Morgan fingerprint density at radius 2 is 0.705 bits per heavy atom. The Labute approximate surface area is 350 Å². The van der Waals surface area contributed by atoms with Gasteiger partial charge in [-0.15, -0.1) is 0 Å². The molecule has 2 aromatic rings. The van der Waals surface area contributed by atoms with E-state index in [1.807, 2.05) is 136 Å². The molecular formula is C22H14Cl4I6N2O10. The topological polar surface area (TPSA) is 213 Å². The zero-order chi connectivity index (χ0) is 34.6. The summed E-state index contributed by atoms with van der Waals surface area (Å²) < 4.78 is 12.1. The van der Waals surface area contributed by atoms with Crippen LogP contribution in [0.15, 0.2) is 0 Å². The number of carbonyl (C=O) groups excluding carboxylic acids is 4. The van der Waals surface area contributed by atoms with Gasteiger partial charge in [0.05, 0.1) is 61.1 Å². The number of aliphatic carboxylic acids is 2. The molecule has 2 rings (SSSR count). The molecule has 0 spiro atoms. The summed E-state index contributed by atoms with van der Waals surface area (Å²) in [6.07, 6.45) is 0. The molecule has 6 N–H and O–H groups in total. The first-order chi connectivity index (χ1) is 20.2. The molecule has 0 amide bonds. The number of rotatable bonds is 11. The molecule has 242 valence electrons. The molecule has 0 aliphatic heterocycles. The van der Waals surface area contributed by atoms with Crippen molar-refractivity contribution < 1.29 is 48.5 Å². The van der Waals surface area contributed by atoms with Gasteiger partial charge in [0.15, 0.2) is 0 Å². The molecule has 0 aliphatic carbocycles. The summed E-state index contributed by atoms with van der Waals surface area (Å²) in [4.78, 5) is 64.8. The van der Waals surface area contributed by atoms with E-state index in [-0.39, 0.29) is 35.5 Å². The largest absolute Gasteiger partial charge is 0.480 e. The number of nitrogen functional groups attached to an aromatic ring is 2. The van der Waals surface area contributed by atoms with Gasteiger partial charge in [-0.1, -0.05) is 0 Å². The highest BCUT2D eigenvalue weighted by Gasteiger charge is 2.26.